The summed E-state index contributed by atoms with van der Waals surface area (Å²) in [7, 11) is 0. The topological polar surface area (TPSA) is 0 Å². The maximum absolute atomic E-state index is 2.30. The molecule has 2 atom stereocenters. The molecule has 1 aliphatic carbocycles. The van der Waals surface area contributed by atoms with Gasteiger partial charge in [0.2, 0.25) is 0 Å². The van der Waals surface area contributed by atoms with Crippen molar-refractivity contribution in [1.82, 2.24) is 0 Å². The maximum atomic E-state index is 2.30. The molecule has 1 saturated carbocycles. The first kappa shape index (κ1) is 14.4. The number of hydrogen-bond donors (Lipinski definition) is 0. The van der Waals surface area contributed by atoms with Gasteiger partial charge in [-0.3, -0.25) is 0 Å². The predicted octanol–water partition coefficient (Wildman–Crippen LogP) is 1.95. The van der Waals surface area contributed by atoms with Crippen molar-refractivity contribution in [2.24, 2.45) is 0 Å². The number of benzene rings is 2. The molecule has 3 rings (SSSR count). The van der Waals surface area contributed by atoms with E-state index in [-0.39, 0.29) is 18.9 Å². The molecule has 0 aliphatic heterocycles. The van der Waals surface area contributed by atoms with Crippen molar-refractivity contribution in [3.63, 3.8) is 0 Å². The van der Waals surface area contributed by atoms with Gasteiger partial charge in [-0.15, -0.1) is 0 Å². The summed E-state index contributed by atoms with van der Waals surface area (Å²) >= 11 is 0. The predicted molar refractivity (Wildman–Crippen MR) is 76.5 cm³/mol. The fourth-order valence-electron chi connectivity index (χ4n) is 3.22. The van der Waals surface area contributed by atoms with Crippen molar-refractivity contribution >= 4 is 0 Å². The molecule has 2 unspecified atom stereocenters. The van der Waals surface area contributed by atoms with Crippen molar-refractivity contribution in [3.05, 3.63) is 77.7 Å². The van der Waals surface area contributed by atoms with Crippen LogP contribution in [0.2, 0.25) is 0 Å². The van der Waals surface area contributed by atoms with E-state index < -0.39 is 0 Å². The molecule has 92 valence electrons. The minimum atomic E-state index is 0. The Morgan fingerprint density at radius 1 is 0.737 bits per heavy atom. The third kappa shape index (κ3) is 3.14. The number of hydrogen-bond acceptors (Lipinski definition) is 0. The maximum Gasteiger partial charge on any atom is 1.00 e. The quantitative estimate of drug-likeness (QED) is 0.558. The first-order chi connectivity index (χ1) is 8.84. The normalized spacial score (nSPS) is 23.0. The Hall–Kier alpha value is -0.963. The zero-order valence-electron chi connectivity index (χ0n) is 11.8. The van der Waals surface area contributed by atoms with Crippen molar-refractivity contribution in [3.8, 4) is 0 Å². The number of rotatable bonds is 2. The SMILES string of the molecule is C[C-]1CC(c2ccccc2)C(c2ccccc2)C1.[Li+]. The molecule has 2 aromatic rings. The minimum absolute atomic E-state index is 0. The first-order valence-electron chi connectivity index (χ1n) is 6.76. The molecule has 0 amide bonds. The van der Waals surface area contributed by atoms with Crippen LogP contribution in [0.5, 0.6) is 0 Å². The third-order valence-electron chi connectivity index (χ3n) is 4.08. The molecule has 1 fully saturated rings. The molecule has 1 heteroatoms. The van der Waals surface area contributed by atoms with Crippen molar-refractivity contribution in [1.29, 1.82) is 0 Å². The van der Waals surface area contributed by atoms with Crippen LogP contribution >= 0.6 is 0 Å². The van der Waals surface area contributed by atoms with Crippen LogP contribution in [0, 0.1) is 5.92 Å². The molecule has 0 aromatic heterocycles. The van der Waals surface area contributed by atoms with Gasteiger partial charge in [-0.2, -0.15) is 19.8 Å². The molecule has 0 nitrogen and oxygen atoms in total. The Morgan fingerprint density at radius 3 is 1.47 bits per heavy atom. The average molecular weight is 242 g/mol. The fraction of sp³-hybridized carbons (Fsp3) is 0.278. The molecule has 2 aromatic carbocycles. The molecule has 0 heterocycles. The van der Waals surface area contributed by atoms with Crippen LogP contribution in [-0.2, 0) is 0 Å². The van der Waals surface area contributed by atoms with Crippen molar-refractivity contribution in [2.75, 3.05) is 0 Å². The fourth-order valence-corrected chi connectivity index (χ4v) is 3.22. The van der Waals surface area contributed by atoms with Gasteiger partial charge in [0.25, 0.3) is 0 Å². The first-order valence-corrected chi connectivity index (χ1v) is 6.76. The van der Waals surface area contributed by atoms with Gasteiger partial charge in [0.05, 0.1) is 0 Å². The zero-order valence-corrected chi connectivity index (χ0v) is 11.8. The summed E-state index contributed by atoms with van der Waals surface area (Å²) < 4.78 is 0. The summed E-state index contributed by atoms with van der Waals surface area (Å²) in [5.41, 5.74) is 2.98. The summed E-state index contributed by atoms with van der Waals surface area (Å²) in [5.74, 6) is 2.96. The molecule has 0 bridgehead atoms. The molecule has 0 N–H and O–H groups in total. The monoisotopic (exact) mass is 242 g/mol. The van der Waals surface area contributed by atoms with Crippen LogP contribution in [0.25, 0.3) is 0 Å². The van der Waals surface area contributed by atoms with E-state index in [1.807, 2.05) is 0 Å². The van der Waals surface area contributed by atoms with E-state index >= 15 is 0 Å². The van der Waals surface area contributed by atoms with Crippen LogP contribution in [0.1, 0.15) is 42.7 Å². The van der Waals surface area contributed by atoms with E-state index in [2.05, 4.69) is 67.6 Å². The molecule has 0 saturated heterocycles. The third-order valence-corrected chi connectivity index (χ3v) is 4.08. The zero-order chi connectivity index (χ0) is 12.4. The standard InChI is InChI=1S/C18H19.Li/c1-14-12-17(15-8-4-2-5-9-15)18(13-14)16-10-6-3-7-11-16;/h2-11,17-18H,12-13H2,1H3;/q-1;+1. The summed E-state index contributed by atoms with van der Waals surface area (Å²) in [6, 6.07) is 21.9. The van der Waals surface area contributed by atoms with Gasteiger partial charge in [-0.1, -0.05) is 60.7 Å². The van der Waals surface area contributed by atoms with Crippen molar-refractivity contribution < 1.29 is 18.9 Å². The van der Waals surface area contributed by atoms with Gasteiger partial charge in [0.15, 0.2) is 0 Å². The smallest absolute Gasteiger partial charge is 0.315 e. The molecule has 1 aliphatic rings. The summed E-state index contributed by atoms with van der Waals surface area (Å²) in [6.45, 7) is 2.30. The van der Waals surface area contributed by atoms with E-state index in [0.29, 0.717) is 11.8 Å². The van der Waals surface area contributed by atoms with Gasteiger partial charge in [-0.05, 0) is 23.0 Å². The second-order valence-corrected chi connectivity index (χ2v) is 5.40. The van der Waals surface area contributed by atoms with Crippen LogP contribution in [0.15, 0.2) is 60.7 Å². The Bertz CT molecular complexity index is 444. The Balaban J connectivity index is 0.00000133. The minimum Gasteiger partial charge on any atom is -0.315 e. The van der Waals surface area contributed by atoms with Crippen LogP contribution in [0.4, 0.5) is 0 Å². The average Bonchev–Trinajstić information content (AvgIpc) is 2.83. The van der Waals surface area contributed by atoms with Gasteiger partial charge >= 0.3 is 18.9 Å². The summed E-state index contributed by atoms with van der Waals surface area (Å²) in [6.07, 6.45) is 2.48. The molecule has 19 heavy (non-hydrogen) atoms. The second-order valence-electron chi connectivity index (χ2n) is 5.40. The van der Waals surface area contributed by atoms with E-state index in [0.717, 1.165) is 0 Å². The molecule has 0 radical (unpaired) electrons. The van der Waals surface area contributed by atoms with Crippen molar-refractivity contribution in [2.45, 2.75) is 31.6 Å². The van der Waals surface area contributed by atoms with Gasteiger partial charge < -0.3 is 5.92 Å². The molecular formula is C18H19Li. The molecule has 0 spiro atoms. The van der Waals surface area contributed by atoms with Gasteiger partial charge in [-0.25, -0.2) is 0 Å². The van der Waals surface area contributed by atoms with Crippen LogP contribution in [-0.4, -0.2) is 0 Å². The van der Waals surface area contributed by atoms with Gasteiger partial charge in [0, 0.05) is 0 Å². The van der Waals surface area contributed by atoms with E-state index in [4.69, 9.17) is 0 Å². The van der Waals surface area contributed by atoms with Crippen LogP contribution in [0.3, 0.4) is 0 Å². The summed E-state index contributed by atoms with van der Waals surface area (Å²) in [5, 5.41) is 0. The van der Waals surface area contributed by atoms with E-state index in [1.54, 1.807) is 5.92 Å². The molecular weight excluding hydrogens is 223 g/mol. The van der Waals surface area contributed by atoms with Gasteiger partial charge in [0.1, 0.15) is 0 Å². The summed E-state index contributed by atoms with van der Waals surface area (Å²) in [4.78, 5) is 0. The Morgan fingerprint density at radius 2 is 1.11 bits per heavy atom. The van der Waals surface area contributed by atoms with E-state index in [9.17, 15) is 0 Å². The van der Waals surface area contributed by atoms with E-state index in [1.165, 1.54) is 24.0 Å². The second kappa shape index (κ2) is 6.46. The Kier molecular flexibility index (Phi) is 4.91. The largest absolute Gasteiger partial charge is 1.00 e. The van der Waals surface area contributed by atoms with Crippen LogP contribution < -0.4 is 18.9 Å². The Labute approximate surface area is 128 Å².